The highest BCUT2D eigenvalue weighted by molar-refractivity contribution is 8.00. The van der Waals surface area contributed by atoms with Crippen LogP contribution in [0.25, 0.3) is 0 Å². The summed E-state index contributed by atoms with van der Waals surface area (Å²) in [5, 5.41) is 2.95. The molecule has 2 rings (SSSR count). The third kappa shape index (κ3) is 4.83. The third-order valence-electron chi connectivity index (χ3n) is 3.15. The molecule has 1 amide bonds. The van der Waals surface area contributed by atoms with Gasteiger partial charge in [-0.25, -0.2) is 0 Å². The van der Waals surface area contributed by atoms with Crippen molar-refractivity contribution in [2.75, 3.05) is 12.9 Å². The van der Waals surface area contributed by atoms with Crippen molar-refractivity contribution in [2.24, 2.45) is 0 Å². The number of rotatable bonds is 6. The highest BCUT2D eigenvalue weighted by atomic mass is 32.2. The maximum absolute atomic E-state index is 11.9. The van der Waals surface area contributed by atoms with Gasteiger partial charge in [0.15, 0.2) is 0 Å². The quantitative estimate of drug-likeness (QED) is 0.831. The van der Waals surface area contributed by atoms with Gasteiger partial charge in [0, 0.05) is 11.4 Å². The number of thioether (sulfide) groups is 1. The van der Waals surface area contributed by atoms with Gasteiger partial charge < -0.3 is 10.1 Å². The van der Waals surface area contributed by atoms with Crippen LogP contribution >= 0.6 is 11.8 Å². The molecule has 21 heavy (non-hydrogen) atoms. The lowest BCUT2D eigenvalue weighted by atomic mass is 10.1. The van der Waals surface area contributed by atoms with E-state index in [1.54, 1.807) is 7.11 Å². The van der Waals surface area contributed by atoms with Crippen molar-refractivity contribution in [2.45, 2.75) is 18.4 Å². The van der Waals surface area contributed by atoms with E-state index in [1.807, 2.05) is 55.5 Å². The standard InChI is InChI=1S/C17H19NO2S/c1-13-6-3-4-7-14(13)11-18-17(19)12-21-16-9-5-8-15(10-16)20-2/h3-10H,11-12H2,1-2H3,(H,18,19). The summed E-state index contributed by atoms with van der Waals surface area (Å²) in [6.45, 7) is 2.62. The maximum atomic E-state index is 11.9. The predicted molar refractivity (Wildman–Crippen MR) is 86.7 cm³/mol. The van der Waals surface area contributed by atoms with Crippen LogP contribution in [0.3, 0.4) is 0 Å². The number of methoxy groups -OCH3 is 1. The van der Waals surface area contributed by atoms with E-state index in [1.165, 1.54) is 17.3 Å². The van der Waals surface area contributed by atoms with Crippen molar-refractivity contribution in [3.05, 3.63) is 59.7 Å². The molecule has 0 saturated carbocycles. The van der Waals surface area contributed by atoms with Gasteiger partial charge in [-0.1, -0.05) is 30.3 Å². The highest BCUT2D eigenvalue weighted by Gasteiger charge is 2.04. The third-order valence-corrected chi connectivity index (χ3v) is 4.14. The fraction of sp³-hybridized carbons (Fsp3) is 0.235. The van der Waals surface area contributed by atoms with Crippen LogP contribution in [0.1, 0.15) is 11.1 Å². The molecule has 0 unspecified atom stereocenters. The predicted octanol–water partition coefficient (Wildman–Crippen LogP) is 3.41. The zero-order valence-corrected chi connectivity index (χ0v) is 13.1. The normalized spacial score (nSPS) is 10.2. The minimum Gasteiger partial charge on any atom is -0.497 e. The van der Waals surface area contributed by atoms with Gasteiger partial charge in [-0.3, -0.25) is 4.79 Å². The van der Waals surface area contributed by atoms with E-state index in [2.05, 4.69) is 5.32 Å². The molecule has 0 atom stereocenters. The molecule has 0 aliphatic heterocycles. The Kier molecular flexibility index (Phi) is 5.69. The number of aryl methyl sites for hydroxylation is 1. The number of nitrogens with one attached hydrogen (secondary N) is 1. The molecule has 3 nitrogen and oxygen atoms in total. The summed E-state index contributed by atoms with van der Waals surface area (Å²) in [6, 6.07) is 15.8. The largest absolute Gasteiger partial charge is 0.497 e. The summed E-state index contributed by atoms with van der Waals surface area (Å²) < 4.78 is 5.17. The van der Waals surface area contributed by atoms with Gasteiger partial charge >= 0.3 is 0 Å². The van der Waals surface area contributed by atoms with Crippen molar-refractivity contribution in [3.8, 4) is 5.75 Å². The number of carbonyl (C=O) groups is 1. The van der Waals surface area contributed by atoms with E-state index in [9.17, 15) is 4.79 Å². The Bertz CT molecular complexity index is 613. The molecule has 0 aliphatic rings. The topological polar surface area (TPSA) is 38.3 Å². The van der Waals surface area contributed by atoms with Crippen LogP contribution in [0.15, 0.2) is 53.4 Å². The molecule has 110 valence electrons. The van der Waals surface area contributed by atoms with E-state index in [0.717, 1.165) is 16.2 Å². The van der Waals surface area contributed by atoms with Gasteiger partial charge in [0.05, 0.1) is 12.9 Å². The van der Waals surface area contributed by atoms with Crippen LogP contribution in [0.4, 0.5) is 0 Å². The monoisotopic (exact) mass is 301 g/mol. The Morgan fingerprint density at radius 3 is 2.76 bits per heavy atom. The number of hydrogen-bond donors (Lipinski definition) is 1. The van der Waals surface area contributed by atoms with E-state index in [4.69, 9.17) is 4.74 Å². The molecular weight excluding hydrogens is 282 g/mol. The van der Waals surface area contributed by atoms with Crippen molar-refractivity contribution in [1.82, 2.24) is 5.32 Å². The van der Waals surface area contributed by atoms with Crippen LogP contribution < -0.4 is 10.1 Å². The number of hydrogen-bond acceptors (Lipinski definition) is 3. The second-order valence-corrected chi connectivity index (χ2v) is 5.72. The molecule has 2 aromatic rings. The van der Waals surface area contributed by atoms with Gasteiger partial charge in [-0.15, -0.1) is 11.8 Å². The fourth-order valence-electron chi connectivity index (χ4n) is 1.89. The zero-order chi connectivity index (χ0) is 15.1. The van der Waals surface area contributed by atoms with Gasteiger partial charge in [0.25, 0.3) is 0 Å². The number of benzene rings is 2. The Balaban J connectivity index is 1.81. The molecule has 4 heteroatoms. The smallest absolute Gasteiger partial charge is 0.230 e. The zero-order valence-electron chi connectivity index (χ0n) is 12.3. The fourth-order valence-corrected chi connectivity index (χ4v) is 2.67. The minimum atomic E-state index is 0.0334. The van der Waals surface area contributed by atoms with Gasteiger partial charge in [-0.05, 0) is 36.2 Å². The molecule has 0 bridgehead atoms. The van der Waals surface area contributed by atoms with Gasteiger partial charge in [-0.2, -0.15) is 0 Å². The molecule has 0 aliphatic carbocycles. The Labute approximate surface area is 129 Å². The van der Waals surface area contributed by atoms with Crippen molar-refractivity contribution in [1.29, 1.82) is 0 Å². The first-order chi connectivity index (χ1) is 10.2. The van der Waals surface area contributed by atoms with Crippen molar-refractivity contribution in [3.63, 3.8) is 0 Å². The first-order valence-electron chi connectivity index (χ1n) is 6.77. The van der Waals surface area contributed by atoms with Gasteiger partial charge in [0.2, 0.25) is 5.91 Å². The van der Waals surface area contributed by atoms with Crippen LogP contribution in [-0.4, -0.2) is 18.8 Å². The summed E-state index contributed by atoms with van der Waals surface area (Å²) in [5.74, 6) is 1.24. The van der Waals surface area contributed by atoms with Gasteiger partial charge in [0.1, 0.15) is 5.75 Å². The average Bonchev–Trinajstić information content (AvgIpc) is 2.52. The van der Waals surface area contributed by atoms with E-state index < -0.39 is 0 Å². The van der Waals surface area contributed by atoms with E-state index in [0.29, 0.717) is 12.3 Å². The summed E-state index contributed by atoms with van der Waals surface area (Å²) in [4.78, 5) is 12.9. The summed E-state index contributed by atoms with van der Waals surface area (Å²) >= 11 is 1.51. The van der Waals surface area contributed by atoms with E-state index in [-0.39, 0.29) is 5.91 Å². The molecule has 0 heterocycles. The Morgan fingerprint density at radius 1 is 1.19 bits per heavy atom. The Morgan fingerprint density at radius 2 is 2.00 bits per heavy atom. The second kappa shape index (κ2) is 7.74. The number of carbonyl (C=O) groups excluding carboxylic acids is 1. The number of ether oxygens (including phenoxy) is 1. The van der Waals surface area contributed by atoms with Crippen molar-refractivity contribution < 1.29 is 9.53 Å². The summed E-state index contributed by atoms with van der Waals surface area (Å²) in [7, 11) is 1.64. The first-order valence-corrected chi connectivity index (χ1v) is 7.75. The molecule has 2 aromatic carbocycles. The molecule has 0 spiro atoms. The van der Waals surface area contributed by atoms with Crippen LogP contribution in [-0.2, 0) is 11.3 Å². The molecule has 0 radical (unpaired) electrons. The SMILES string of the molecule is COc1cccc(SCC(=O)NCc2ccccc2C)c1. The molecule has 1 N–H and O–H groups in total. The number of amides is 1. The summed E-state index contributed by atoms with van der Waals surface area (Å²) in [6.07, 6.45) is 0. The molecule has 0 fully saturated rings. The highest BCUT2D eigenvalue weighted by Crippen LogP contribution is 2.22. The molecule has 0 saturated heterocycles. The second-order valence-electron chi connectivity index (χ2n) is 4.67. The molecule has 0 aromatic heterocycles. The van der Waals surface area contributed by atoms with Crippen LogP contribution in [0.2, 0.25) is 0 Å². The lowest BCUT2D eigenvalue weighted by Crippen LogP contribution is -2.24. The first kappa shape index (κ1) is 15.4. The Hall–Kier alpha value is -1.94. The summed E-state index contributed by atoms with van der Waals surface area (Å²) in [5.41, 5.74) is 2.34. The maximum Gasteiger partial charge on any atom is 0.230 e. The van der Waals surface area contributed by atoms with E-state index >= 15 is 0 Å². The lowest BCUT2D eigenvalue weighted by Gasteiger charge is -2.08. The lowest BCUT2D eigenvalue weighted by molar-refractivity contribution is -0.118. The van der Waals surface area contributed by atoms with Crippen LogP contribution in [0, 0.1) is 6.92 Å². The van der Waals surface area contributed by atoms with Crippen LogP contribution in [0.5, 0.6) is 5.75 Å². The molecular formula is C17H19NO2S. The minimum absolute atomic E-state index is 0.0334. The van der Waals surface area contributed by atoms with Crippen molar-refractivity contribution >= 4 is 17.7 Å². The average molecular weight is 301 g/mol.